The minimum absolute atomic E-state index is 0.394. The molecule has 3 nitrogen and oxygen atoms in total. The zero-order valence-corrected chi connectivity index (χ0v) is 14.1. The molecule has 1 aromatic rings. The number of rotatable bonds is 5. The Morgan fingerprint density at radius 3 is 2.70 bits per heavy atom. The van der Waals surface area contributed by atoms with Crippen molar-refractivity contribution in [1.29, 1.82) is 0 Å². The second-order valence-corrected chi connectivity index (χ2v) is 7.72. The highest BCUT2D eigenvalue weighted by atomic mass is 16.5. The number of benzene rings is 1. The van der Waals surface area contributed by atoms with E-state index in [9.17, 15) is 0 Å². The first-order valence-electron chi connectivity index (χ1n) is 9.47. The van der Waals surface area contributed by atoms with Gasteiger partial charge in [0.15, 0.2) is 0 Å². The molecule has 3 heteroatoms. The van der Waals surface area contributed by atoms with Gasteiger partial charge in [0.05, 0.1) is 13.2 Å². The lowest BCUT2D eigenvalue weighted by Gasteiger charge is -2.44. The van der Waals surface area contributed by atoms with Crippen molar-refractivity contribution >= 4 is 0 Å². The Morgan fingerprint density at radius 1 is 1.13 bits per heavy atom. The van der Waals surface area contributed by atoms with Crippen LogP contribution in [0.25, 0.3) is 0 Å². The van der Waals surface area contributed by atoms with E-state index in [1.807, 2.05) is 0 Å². The summed E-state index contributed by atoms with van der Waals surface area (Å²) in [6.45, 7) is 3.93. The molecule has 1 aromatic carbocycles. The van der Waals surface area contributed by atoms with Crippen molar-refractivity contribution in [2.24, 2.45) is 5.92 Å². The van der Waals surface area contributed by atoms with Gasteiger partial charge in [0.1, 0.15) is 0 Å². The number of ether oxygens (including phenoxy) is 1. The van der Waals surface area contributed by atoms with Crippen LogP contribution in [0.15, 0.2) is 30.3 Å². The average molecular weight is 314 g/mol. The third-order valence-electron chi connectivity index (χ3n) is 6.44. The van der Waals surface area contributed by atoms with Crippen LogP contribution in [0.3, 0.4) is 0 Å². The Balaban J connectivity index is 1.39. The summed E-state index contributed by atoms with van der Waals surface area (Å²) in [5.41, 5.74) is 1.93. The van der Waals surface area contributed by atoms with E-state index in [2.05, 4.69) is 41.0 Å². The fraction of sp³-hybridized carbons (Fsp3) is 0.700. The highest BCUT2D eigenvalue weighted by Crippen LogP contribution is 2.43. The van der Waals surface area contributed by atoms with E-state index in [-0.39, 0.29) is 0 Å². The second kappa shape index (κ2) is 6.92. The molecule has 0 amide bonds. The summed E-state index contributed by atoms with van der Waals surface area (Å²) >= 11 is 0. The molecule has 2 saturated carbocycles. The first-order chi connectivity index (χ1) is 11.4. The quantitative estimate of drug-likeness (QED) is 0.877. The summed E-state index contributed by atoms with van der Waals surface area (Å²) in [5.74, 6) is 0.739. The molecule has 3 aliphatic rings. The number of hydrogen-bond donors (Lipinski definition) is 2. The van der Waals surface area contributed by atoms with Crippen molar-refractivity contribution in [2.75, 3.05) is 26.3 Å². The summed E-state index contributed by atoms with van der Waals surface area (Å²) in [6, 6.07) is 12.4. The minimum atomic E-state index is 0.394. The highest BCUT2D eigenvalue weighted by Gasteiger charge is 2.41. The summed E-state index contributed by atoms with van der Waals surface area (Å²) in [4.78, 5) is 0. The number of morpholine rings is 1. The predicted molar refractivity (Wildman–Crippen MR) is 93.7 cm³/mol. The van der Waals surface area contributed by atoms with Gasteiger partial charge in [-0.2, -0.15) is 0 Å². The maximum Gasteiger partial charge on any atom is 0.0623 e. The third kappa shape index (κ3) is 3.19. The largest absolute Gasteiger partial charge is 0.379 e. The third-order valence-corrected chi connectivity index (χ3v) is 6.44. The molecule has 0 spiro atoms. The molecule has 2 N–H and O–H groups in total. The lowest BCUT2D eigenvalue weighted by molar-refractivity contribution is 0.0515. The van der Waals surface area contributed by atoms with Crippen LogP contribution >= 0.6 is 0 Å². The van der Waals surface area contributed by atoms with Crippen molar-refractivity contribution in [2.45, 2.75) is 56.0 Å². The normalized spacial score (nSPS) is 33.3. The van der Waals surface area contributed by atoms with E-state index < -0.39 is 0 Å². The van der Waals surface area contributed by atoms with Crippen LogP contribution in [0.1, 0.15) is 44.1 Å². The fourth-order valence-corrected chi connectivity index (χ4v) is 4.87. The molecule has 2 aliphatic carbocycles. The molecule has 0 radical (unpaired) electrons. The minimum Gasteiger partial charge on any atom is -0.379 e. The molecule has 3 unspecified atom stereocenters. The molecule has 126 valence electrons. The van der Waals surface area contributed by atoms with Gasteiger partial charge < -0.3 is 15.4 Å². The average Bonchev–Trinajstić information content (AvgIpc) is 3.04. The van der Waals surface area contributed by atoms with Crippen molar-refractivity contribution in [3.63, 3.8) is 0 Å². The van der Waals surface area contributed by atoms with Gasteiger partial charge in [-0.3, -0.25) is 0 Å². The molecule has 1 aliphatic heterocycles. The Kier molecular flexibility index (Phi) is 4.70. The van der Waals surface area contributed by atoms with Gasteiger partial charge in [0.25, 0.3) is 0 Å². The van der Waals surface area contributed by atoms with Crippen molar-refractivity contribution < 1.29 is 4.74 Å². The van der Waals surface area contributed by atoms with Gasteiger partial charge in [-0.1, -0.05) is 43.2 Å². The monoisotopic (exact) mass is 314 g/mol. The topological polar surface area (TPSA) is 33.3 Å². The molecular formula is C20H30N2O. The van der Waals surface area contributed by atoms with Crippen molar-refractivity contribution in [3.8, 4) is 0 Å². The summed E-state index contributed by atoms with van der Waals surface area (Å²) in [7, 11) is 0. The standard InChI is InChI=1S/C20H30N2O/c1-2-6-16(7-3-1)20(10-5-11-20)15-22-18-9-4-8-17(18)19-14-23-13-12-21-19/h1-3,6-7,17-19,21-22H,4-5,8-15H2. The second-order valence-electron chi connectivity index (χ2n) is 7.72. The summed E-state index contributed by atoms with van der Waals surface area (Å²) in [5, 5.41) is 7.66. The first kappa shape index (κ1) is 15.6. The maximum absolute atomic E-state index is 5.70. The van der Waals surface area contributed by atoms with Crippen LogP contribution in [-0.2, 0) is 10.2 Å². The molecule has 4 rings (SSSR count). The molecule has 3 fully saturated rings. The Morgan fingerprint density at radius 2 is 2.00 bits per heavy atom. The molecular weight excluding hydrogens is 284 g/mol. The lowest BCUT2D eigenvalue weighted by atomic mass is 9.64. The number of nitrogens with one attached hydrogen (secondary N) is 2. The Labute approximate surface area is 140 Å². The molecule has 1 saturated heterocycles. The van der Waals surface area contributed by atoms with Gasteiger partial charge in [-0.15, -0.1) is 0 Å². The zero-order valence-electron chi connectivity index (χ0n) is 14.1. The smallest absolute Gasteiger partial charge is 0.0623 e. The van der Waals surface area contributed by atoms with Crippen LogP contribution in [0.2, 0.25) is 0 Å². The molecule has 1 heterocycles. The van der Waals surface area contributed by atoms with Crippen LogP contribution in [0.4, 0.5) is 0 Å². The fourth-order valence-electron chi connectivity index (χ4n) is 4.87. The number of hydrogen-bond acceptors (Lipinski definition) is 3. The Bertz CT molecular complexity index is 494. The molecule has 23 heavy (non-hydrogen) atoms. The van der Waals surface area contributed by atoms with Gasteiger partial charge in [0, 0.05) is 30.6 Å². The Hall–Kier alpha value is -0.900. The van der Waals surface area contributed by atoms with Crippen LogP contribution in [-0.4, -0.2) is 38.4 Å². The first-order valence-corrected chi connectivity index (χ1v) is 9.47. The van der Waals surface area contributed by atoms with E-state index in [1.54, 1.807) is 0 Å². The zero-order chi connectivity index (χ0) is 15.5. The van der Waals surface area contributed by atoms with Crippen molar-refractivity contribution in [3.05, 3.63) is 35.9 Å². The lowest BCUT2D eigenvalue weighted by Crippen LogP contribution is -2.53. The predicted octanol–water partition coefficient (Wildman–Crippen LogP) is 2.86. The molecule has 0 bridgehead atoms. The van der Waals surface area contributed by atoms with Crippen LogP contribution in [0, 0.1) is 5.92 Å². The molecule has 0 aromatic heterocycles. The van der Waals surface area contributed by atoms with Gasteiger partial charge in [0.2, 0.25) is 0 Å². The van der Waals surface area contributed by atoms with Crippen LogP contribution < -0.4 is 10.6 Å². The van der Waals surface area contributed by atoms with Gasteiger partial charge in [-0.25, -0.2) is 0 Å². The van der Waals surface area contributed by atoms with E-state index in [4.69, 9.17) is 4.74 Å². The van der Waals surface area contributed by atoms with Gasteiger partial charge in [-0.05, 0) is 37.2 Å². The highest BCUT2D eigenvalue weighted by molar-refractivity contribution is 5.28. The SMILES string of the molecule is c1ccc(C2(CNC3CCCC3C3COCCN3)CCC2)cc1. The van der Waals surface area contributed by atoms with E-state index in [0.29, 0.717) is 17.5 Å². The van der Waals surface area contributed by atoms with Crippen LogP contribution in [0.5, 0.6) is 0 Å². The molecule has 3 atom stereocenters. The maximum atomic E-state index is 5.70. The van der Waals surface area contributed by atoms with Gasteiger partial charge >= 0.3 is 0 Å². The summed E-state index contributed by atoms with van der Waals surface area (Å²) < 4.78 is 5.70. The van der Waals surface area contributed by atoms with Crippen molar-refractivity contribution in [1.82, 2.24) is 10.6 Å². The van der Waals surface area contributed by atoms with E-state index in [0.717, 1.165) is 32.2 Å². The van der Waals surface area contributed by atoms with E-state index >= 15 is 0 Å². The van der Waals surface area contributed by atoms with E-state index in [1.165, 1.54) is 44.1 Å². The summed E-state index contributed by atoms with van der Waals surface area (Å²) in [6.07, 6.45) is 8.09.